The molecular weight excluding hydrogens is 514 g/mol. The molecule has 0 bridgehead atoms. The van der Waals surface area contributed by atoms with Gasteiger partial charge in [-0.25, -0.2) is 17.3 Å². The van der Waals surface area contributed by atoms with Gasteiger partial charge in [-0.1, -0.05) is 36.4 Å². The van der Waals surface area contributed by atoms with E-state index in [4.69, 9.17) is 18.9 Å². The van der Waals surface area contributed by atoms with Crippen LogP contribution in [0.5, 0.6) is 11.8 Å². The molecule has 2 heterocycles. The van der Waals surface area contributed by atoms with Gasteiger partial charge in [0.05, 0.1) is 4.90 Å². The quantitative estimate of drug-likeness (QED) is 0.235. The Bertz CT molecular complexity index is 1390. The first-order valence-electron chi connectivity index (χ1n) is 10.5. The molecule has 2 aromatic carbocycles. The van der Waals surface area contributed by atoms with Gasteiger partial charge in [0.2, 0.25) is 10.2 Å². The van der Waals surface area contributed by atoms with Crippen LogP contribution in [0.2, 0.25) is 0 Å². The van der Waals surface area contributed by atoms with Gasteiger partial charge in [0, 0.05) is 18.0 Å². The topological polar surface area (TPSA) is 160 Å². The molecule has 0 spiro atoms. The number of nitrogens with zero attached hydrogens (tertiary/aromatic N) is 4. The number of aromatic nitrogens is 4. The van der Waals surface area contributed by atoms with Crippen molar-refractivity contribution >= 4 is 20.6 Å². The molecule has 0 aliphatic carbocycles. The van der Waals surface area contributed by atoms with Crippen molar-refractivity contribution in [1.82, 2.24) is 20.8 Å². The predicted molar refractivity (Wildman–Crippen MR) is 120 cm³/mol. The molecule has 0 aliphatic heterocycles. The first-order chi connectivity index (χ1) is 17.5. The first-order valence-corrected chi connectivity index (χ1v) is 13.2. The fourth-order valence-electron chi connectivity index (χ4n) is 2.95. The molecule has 1 unspecified atom stereocenters. The number of hydrogen-bond acceptors (Lipinski definition) is 12. The molecule has 0 saturated carbocycles. The van der Waals surface area contributed by atoms with Crippen LogP contribution in [0.1, 0.15) is 0 Å². The first kappa shape index (κ1) is 25.3. The van der Waals surface area contributed by atoms with Gasteiger partial charge in [-0.2, -0.15) is 0 Å². The summed E-state index contributed by atoms with van der Waals surface area (Å²) in [7, 11) is -4.36. The molecule has 190 valence electrons. The molecule has 1 atom stereocenters. The Labute approximate surface area is 208 Å². The Morgan fingerprint density at radius 1 is 0.917 bits per heavy atom. The molecule has 0 saturated heterocycles. The standard InChI is InChI=1S/C21H22N5O8S2/c1-30-26-21(36(28,29)17-10-6-3-7-11-17)19(24-34-26)32-15-13-22-12-14-31-18-20(25-33-23-18)35(27)16-8-4-2-5-9-16/h2-11,22H,12-15H2,1H3/q+1. The maximum absolute atomic E-state index is 13.0. The van der Waals surface area contributed by atoms with E-state index >= 15 is 0 Å². The summed E-state index contributed by atoms with van der Waals surface area (Å²) in [4.78, 5) is 6.19. The highest BCUT2D eigenvalue weighted by Gasteiger charge is 2.40. The Morgan fingerprint density at radius 2 is 1.56 bits per heavy atom. The van der Waals surface area contributed by atoms with Crippen molar-refractivity contribution < 1.29 is 41.1 Å². The van der Waals surface area contributed by atoms with Crippen molar-refractivity contribution in [3.05, 3.63) is 60.7 Å². The van der Waals surface area contributed by atoms with Crippen molar-refractivity contribution in [2.24, 2.45) is 0 Å². The van der Waals surface area contributed by atoms with Gasteiger partial charge in [0.25, 0.3) is 15.7 Å². The lowest BCUT2D eigenvalue weighted by atomic mass is 10.4. The molecule has 36 heavy (non-hydrogen) atoms. The largest absolute Gasteiger partial charge is 0.472 e. The van der Waals surface area contributed by atoms with Crippen LogP contribution in [0.15, 0.2) is 89.8 Å². The third-order valence-corrected chi connectivity index (χ3v) is 7.65. The lowest BCUT2D eigenvalue weighted by Gasteiger charge is -2.06. The molecule has 0 aliphatic rings. The monoisotopic (exact) mass is 536 g/mol. The summed E-state index contributed by atoms with van der Waals surface area (Å²) in [6.45, 7) is 0.949. The fraction of sp³-hybridized carbons (Fsp3) is 0.238. The van der Waals surface area contributed by atoms with E-state index in [0.29, 0.717) is 22.9 Å². The second-order valence-electron chi connectivity index (χ2n) is 6.94. The summed E-state index contributed by atoms with van der Waals surface area (Å²) in [5.74, 6) is -0.196. The van der Waals surface area contributed by atoms with Crippen molar-refractivity contribution in [2.45, 2.75) is 19.8 Å². The van der Waals surface area contributed by atoms with Crippen LogP contribution >= 0.6 is 0 Å². The lowest BCUT2D eigenvalue weighted by Crippen LogP contribution is -2.43. The number of nitrogens with one attached hydrogen (secondary N) is 1. The highest BCUT2D eigenvalue weighted by molar-refractivity contribution is 7.91. The van der Waals surface area contributed by atoms with Crippen molar-refractivity contribution in [2.75, 3.05) is 33.4 Å². The van der Waals surface area contributed by atoms with Crippen LogP contribution in [0, 0.1) is 0 Å². The summed E-state index contributed by atoms with van der Waals surface area (Å²) in [6.07, 6.45) is 0. The van der Waals surface area contributed by atoms with Gasteiger partial charge in [-0.05, 0) is 39.2 Å². The van der Waals surface area contributed by atoms with Crippen LogP contribution in [0.3, 0.4) is 0 Å². The molecule has 4 rings (SSSR count). The molecule has 4 aromatic rings. The minimum atomic E-state index is -4.01. The third kappa shape index (κ3) is 5.69. The van der Waals surface area contributed by atoms with Crippen LogP contribution in [0.25, 0.3) is 0 Å². The average molecular weight is 537 g/mol. The van der Waals surface area contributed by atoms with E-state index in [0.717, 1.165) is 0 Å². The SMILES string of the molecule is CO[n+]1onc(OCCNCCOc2nonc2S(=O)c2ccccc2)c1S(=O)(=O)c1ccccc1. The van der Waals surface area contributed by atoms with Gasteiger partial charge in [0.1, 0.15) is 31.1 Å². The normalized spacial score (nSPS) is 12.2. The van der Waals surface area contributed by atoms with Gasteiger partial charge in [-0.15, -0.1) is 0 Å². The number of benzene rings is 2. The molecule has 0 radical (unpaired) electrons. The molecule has 15 heteroatoms. The minimum Gasteiger partial charge on any atom is -0.472 e. The number of rotatable bonds is 13. The summed E-state index contributed by atoms with van der Waals surface area (Å²) < 4.78 is 59.2. The molecule has 0 amide bonds. The van der Waals surface area contributed by atoms with Crippen LogP contribution in [0.4, 0.5) is 0 Å². The second kappa shape index (κ2) is 11.7. The van der Waals surface area contributed by atoms with Crippen molar-refractivity contribution in [3.63, 3.8) is 0 Å². The minimum absolute atomic E-state index is 0.0361. The highest BCUT2D eigenvalue weighted by Crippen LogP contribution is 2.25. The molecule has 1 N–H and O–H groups in total. The van der Waals surface area contributed by atoms with E-state index in [1.54, 1.807) is 42.5 Å². The van der Waals surface area contributed by atoms with E-state index in [1.807, 2.05) is 6.07 Å². The van der Waals surface area contributed by atoms with E-state index in [2.05, 4.69) is 25.4 Å². The van der Waals surface area contributed by atoms with E-state index in [-0.39, 0.29) is 39.9 Å². The van der Waals surface area contributed by atoms with E-state index in [9.17, 15) is 12.6 Å². The Balaban J connectivity index is 1.26. The summed E-state index contributed by atoms with van der Waals surface area (Å²) in [5, 5.41) is 13.8. The lowest BCUT2D eigenvalue weighted by molar-refractivity contribution is -1.04. The van der Waals surface area contributed by atoms with E-state index in [1.165, 1.54) is 19.2 Å². The van der Waals surface area contributed by atoms with Crippen molar-refractivity contribution in [3.8, 4) is 11.8 Å². The summed E-state index contributed by atoms with van der Waals surface area (Å²) in [5.41, 5.74) is 0. The zero-order valence-corrected chi connectivity index (χ0v) is 20.6. The smallest absolute Gasteiger partial charge is 0.445 e. The van der Waals surface area contributed by atoms with Gasteiger partial charge >= 0.3 is 10.9 Å². The third-order valence-electron chi connectivity index (χ3n) is 4.62. The maximum Gasteiger partial charge on any atom is 0.445 e. The number of hydrogen-bond donors (Lipinski definition) is 1. The summed E-state index contributed by atoms with van der Waals surface area (Å²) in [6, 6.07) is 16.5. The molecule has 2 aromatic heterocycles. The molecule has 13 nitrogen and oxygen atoms in total. The van der Waals surface area contributed by atoms with E-state index < -0.39 is 20.6 Å². The highest BCUT2D eigenvalue weighted by atomic mass is 32.2. The van der Waals surface area contributed by atoms with Crippen molar-refractivity contribution in [1.29, 1.82) is 0 Å². The zero-order chi connectivity index (χ0) is 25.4. The average Bonchev–Trinajstić information content (AvgIpc) is 3.56. The molecular formula is C21H22N5O8S2+. The Morgan fingerprint density at radius 3 is 2.22 bits per heavy atom. The Hall–Kier alpha value is -3.82. The van der Waals surface area contributed by atoms with Crippen LogP contribution in [-0.4, -0.2) is 61.5 Å². The Kier molecular flexibility index (Phi) is 8.24. The van der Waals surface area contributed by atoms with Gasteiger partial charge in [-0.3, -0.25) is 0 Å². The summed E-state index contributed by atoms with van der Waals surface area (Å²) >= 11 is 0. The van der Waals surface area contributed by atoms with Crippen LogP contribution in [-0.2, 0) is 20.6 Å². The second-order valence-corrected chi connectivity index (χ2v) is 10.2. The maximum atomic E-state index is 13.0. The molecule has 0 fully saturated rings. The zero-order valence-electron chi connectivity index (χ0n) is 19.0. The van der Waals surface area contributed by atoms with Gasteiger partial charge in [0.15, 0.2) is 4.90 Å². The van der Waals surface area contributed by atoms with Gasteiger partial charge < -0.3 is 19.6 Å². The fourth-order valence-corrected chi connectivity index (χ4v) is 5.30. The number of sulfone groups is 1. The number of ether oxygens (including phenoxy) is 2. The predicted octanol–water partition coefficient (Wildman–Crippen LogP) is 0.450. The van der Waals surface area contributed by atoms with Crippen LogP contribution < -0.4 is 24.5 Å².